The number of aromatic nitrogens is 1. The first-order valence-electron chi connectivity index (χ1n) is 8.51. The van der Waals surface area contributed by atoms with Gasteiger partial charge in [0.25, 0.3) is 0 Å². The maximum absolute atomic E-state index is 11.2. The molecule has 4 rings (SSSR count). The van der Waals surface area contributed by atoms with Crippen molar-refractivity contribution in [2.75, 3.05) is 19.6 Å². The second-order valence-electron chi connectivity index (χ2n) is 7.10. The second-order valence-corrected chi connectivity index (χ2v) is 7.10. The van der Waals surface area contributed by atoms with Crippen molar-refractivity contribution >= 4 is 16.7 Å². The van der Waals surface area contributed by atoms with Crippen LogP contribution < -0.4 is 0 Å². The van der Waals surface area contributed by atoms with E-state index in [4.69, 9.17) is 0 Å². The lowest BCUT2D eigenvalue weighted by molar-refractivity contribution is -0.117. The molecule has 0 spiro atoms. The number of carbonyl (C=O) groups excluding carboxylic acids is 1. The number of likely N-dealkylation sites (tertiary alicyclic amines) is 1. The molecule has 1 fully saturated rings. The third-order valence-corrected chi connectivity index (χ3v) is 5.59. The van der Waals surface area contributed by atoms with Crippen LogP contribution in [0, 0.1) is 11.8 Å². The van der Waals surface area contributed by atoms with E-state index >= 15 is 0 Å². The van der Waals surface area contributed by atoms with Gasteiger partial charge in [-0.05, 0) is 56.2 Å². The highest BCUT2D eigenvalue weighted by atomic mass is 16.1. The summed E-state index contributed by atoms with van der Waals surface area (Å²) in [5.74, 6) is 1.88. The number of benzene rings is 1. The highest BCUT2D eigenvalue weighted by Gasteiger charge is 2.34. The number of fused-ring (bicyclic) bond motifs is 4. The van der Waals surface area contributed by atoms with Crippen molar-refractivity contribution in [1.82, 2.24) is 9.88 Å². The van der Waals surface area contributed by atoms with Gasteiger partial charge in [-0.3, -0.25) is 4.79 Å². The smallest absolute Gasteiger partial charge is 0.131 e. The number of aromatic amines is 1. The van der Waals surface area contributed by atoms with Gasteiger partial charge in [0.15, 0.2) is 0 Å². The van der Waals surface area contributed by atoms with Crippen LogP contribution >= 0.6 is 0 Å². The first kappa shape index (κ1) is 14.0. The van der Waals surface area contributed by atoms with Crippen LogP contribution in [0.4, 0.5) is 0 Å². The number of rotatable bonds is 3. The molecule has 3 nitrogen and oxygen atoms in total. The third kappa shape index (κ3) is 2.48. The van der Waals surface area contributed by atoms with Crippen LogP contribution in [-0.4, -0.2) is 35.3 Å². The average molecular weight is 296 g/mol. The molecule has 1 N–H and O–H groups in total. The molecule has 3 heteroatoms. The molecule has 0 unspecified atom stereocenters. The Hall–Kier alpha value is -1.61. The van der Waals surface area contributed by atoms with E-state index < -0.39 is 0 Å². The van der Waals surface area contributed by atoms with Gasteiger partial charge in [0.2, 0.25) is 0 Å². The second kappa shape index (κ2) is 5.54. The van der Waals surface area contributed by atoms with E-state index in [-0.39, 0.29) is 0 Å². The molecule has 116 valence electrons. The van der Waals surface area contributed by atoms with Gasteiger partial charge in [-0.2, -0.15) is 0 Å². The summed E-state index contributed by atoms with van der Waals surface area (Å²) in [6.07, 6.45) is 4.38. The van der Waals surface area contributed by atoms with Crippen molar-refractivity contribution < 1.29 is 4.79 Å². The third-order valence-electron chi connectivity index (χ3n) is 5.59. The van der Waals surface area contributed by atoms with Crippen molar-refractivity contribution in [2.24, 2.45) is 11.8 Å². The summed E-state index contributed by atoms with van der Waals surface area (Å²) in [5.41, 5.74) is 4.31. The van der Waals surface area contributed by atoms with Crippen molar-refractivity contribution in [3.63, 3.8) is 0 Å². The van der Waals surface area contributed by atoms with Crippen molar-refractivity contribution in [2.45, 2.75) is 32.6 Å². The monoisotopic (exact) mass is 296 g/mol. The Labute approximate surface area is 131 Å². The molecular weight excluding hydrogens is 272 g/mol. The normalized spacial score (nSPS) is 25.0. The Kier molecular flexibility index (Phi) is 3.53. The number of ketones is 1. The molecule has 1 saturated heterocycles. The van der Waals surface area contributed by atoms with E-state index in [1.165, 1.54) is 35.9 Å². The summed E-state index contributed by atoms with van der Waals surface area (Å²) in [4.78, 5) is 17.4. The zero-order valence-electron chi connectivity index (χ0n) is 13.3. The molecule has 1 aliphatic heterocycles. The van der Waals surface area contributed by atoms with Gasteiger partial charge in [-0.15, -0.1) is 0 Å². The number of nitrogens with one attached hydrogen (secondary N) is 1. The Morgan fingerprint density at radius 3 is 3.00 bits per heavy atom. The van der Waals surface area contributed by atoms with Gasteiger partial charge in [-0.1, -0.05) is 18.2 Å². The Balaban J connectivity index is 1.54. The summed E-state index contributed by atoms with van der Waals surface area (Å²) in [6, 6.07) is 8.70. The lowest BCUT2D eigenvalue weighted by Gasteiger charge is -2.41. The number of piperidine rings is 1. The number of para-hydroxylation sites is 1. The summed E-state index contributed by atoms with van der Waals surface area (Å²) >= 11 is 0. The quantitative estimate of drug-likeness (QED) is 0.944. The van der Waals surface area contributed by atoms with Gasteiger partial charge in [0.05, 0.1) is 0 Å². The van der Waals surface area contributed by atoms with Crippen molar-refractivity contribution in [3.8, 4) is 0 Å². The molecule has 0 radical (unpaired) electrons. The zero-order valence-corrected chi connectivity index (χ0v) is 13.3. The molecule has 2 aliphatic rings. The Morgan fingerprint density at radius 1 is 1.27 bits per heavy atom. The summed E-state index contributed by atoms with van der Waals surface area (Å²) in [5, 5.41) is 1.41. The minimum absolute atomic E-state index is 0.310. The first-order chi connectivity index (χ1) is 10.7. The van der Waals surface area contributed by atoms with Gasteiger partial charge in [0, 0.05) is 36.1 Å². The van der Waals surface area contributed by atoms with E-state index in [0.717, 1.165) is 31.5 Å². The summed E-state index contributed by atoms with van der Waals surface area (Å²) < 4.78 is 0. The number of Topliss-reactive ketones (excluding diaryl/α,β-unsaturated/α-hetero) is 1. The fourth-order valence-electron chi connectivity index (χ4n) is 4.36. The molecule has 22 heavy (non-hydrogen) atoms. The van der Waals surface area contributed by atoms with Crippen LogP contribution in [0.5, 0.6) is 0 Å². The minimum atomic E-state index is 0.310. The number of hydrogen-bond donors (Lipinski definition) is 1. The highest BCUT2D eigenvalue weighted by Crippen LogP contribution is 2.38. The fourth-order valence-corrected chi connectivity index (χ4v) is 4.36. The molecule has 1 aliphatic carbocycles. The minimum Gasteiger partial charge on any atom is -0.358 e. The molecule has 1 aromatic carbocycles. The zero-order chi connectivity index (χ0) is 15.1. The molecule has 2 heterocycles. The number of nitrogens with zero attached hydrogens (tertiary/aromatic N) is 1. The van der Waals surface area contributed by atoms with Gasteiger partial charge < -0.3 is 9.88 Å². The van der Waals surface area contributed by atoms with Crippen LogP contribution in [0.3, 0.4) is 0 Å². The molecule has 0 amide bonds. The predicted octanol–water partition coefficient (Wildman–Crippen LogP) is 3.18. The lowest BCUT2D eigenvalue weighted by Crippen LogP contribution is -2.44. The molecular formula is C19H24N2O. The van der Waals surface area contributed by atoms with Crippen LogP contribution in [0.15, 0.2) is 24.3 Å². The number of carbonyl (C=O) groups is 1. The van der Waals surface area contributed by atoms with E-state index in [1.54, 1.807) is 12.5 Å². The average Bonchev–Trinajstić information content (AvgIpc) is 2.88. The van der Waals surface area contributed by atoms with E-state index in [1.807, 2.05) is 0 Å². The maximum atomic E-state index is 11.2. The van der Waals surface area contributed by atoms with Crippen LogP contribution in [-0.2, 0) is 17.6 Å². The molecule has 1 aromatic heterocycles. The first-order valence-corrected chi connectivity index (χ1v) is 8.51. The SMILES string of the molecule is CC(=O)CCN1CC[C@H]2Cc3[nH]c4ccccc4c3C[C@@H]2C1. The van der Waals surface area contributed by atoms with E-state index in [0.29, 0.717) is 12.2 Å². The topological polar surface area (TPSA) is 36.1 Å². The van der Waals surface area contributed by atoms with E-state index in [9.17, 15) is 4.79 Å². The summed E-state index contributed by atoms with van der Waals surface area (Å²) in [7, 11) is 0. The Bertz CT molecular complexity index is 703. The van der Waals surface area contributed by atoms with Crippen LogP contribution in [0.2, 0.25) is 0 Å². The number of hydrogen-bond acceptors (Lipinski definition) is 2. The number of H-pyrrole nitrogens is 1. The van der Waals surface area contributed by atoms with Gasteiger partial charge in [0.1, 0.15) is 5.78 Å². The van der Waals surface area contributed by atoms with E-state index in [2.05, 4.69) is 34.1 Å². The lowest BCUT2D eigenvalue weighted by atomic mass is 9.74. The molecule has 0 bridgehead atoms. The van der Waals surface area contributed by atoms with Crippen LogP contribution in [0.1, 0.15) is 31.0 Å². The van der Waals surface area contributed by atoms with Crippen LogP contribution in [0.25, 0.3) is 10.9 Å². The van der Waals surface area contributed by atoms with Gasteiger partial charge in [-0.25, -0.2) is 0 Å². The van der Waals surface area contributed by atoms with Crippen molar-refractivity contribution in [3.05, 3.63) is 35.5 Å². The van der Waals surface area contributed by atoms with Gasteiger partial charge >= 0.3 is 0 Å². The molecule has 2 aromatic rings. The highest BCUT2D eigenvalue weighted by molar-refractivity contribution is 5.84. The largest absolute Gasteiger partial charge is 0.358 e. The Morgan fingerprint density at radius 2 is 2.14 bits per heavy atom. The molecule has 0 saturated carbocycles. The fraction of sp³-hybridized carbons (Fsp3) is 0.526. The maximum Gasteiger partial charge on any atom is 0.131 e. The predicted molar refractivity (Wildman–Crippen MR) is 89.0 cm³/mol. The van der Waals surface area contributed by atoms with Crippen molar-refractivity contribution in [1.29, 1.82) is 0 Å². The standard InChI is InChI=1S/C19H24N2O/c1-13(22)6-8-21-9-7-14-11-19-17(10-15(14)12-21)16-4-2-3-5-18(16)20-19/h2-5,14-15,20H,6-12H2,1H3/t14-,15+/m0/s1. The summed E-state index contributed by atoms with van der Waals surface area (Å²) in [6.45, 7) is 4.96. The molecule has 2 atom stereocenters.